The fraction of sp³-hybridized carbons (Fsp3) is 0.533. The van der Waals surface area contributed by atoms with E-state index in [0.29, 0.717) is 6.61 Å². The normalized spacial score (nSPS) is 12.5. The first-order chi connectivity index (χ1) is 9.15. The fourth-order valence-corrected chi connectivity index (χ4v) is 2.07. The van der Waals surface area contributed by atoms with Crippen LogP contribution in [0.3, 0.4) is 0 Å². The molecule has 2 rings (SSSR count). The van der Waals surface area contributed by atoms with Crippen molar-refractivity contribution in [1.29, 1.82) is 0 Å². The van der Waals surface area contributed by atoms with Crippen molar-refractivity contribution in [2.75, 3.05) is 19.6 Å². The van der Waals surface area contributed by atoms with Gasteiger partial charge in [-0.15, -0.1) is 0 Å². The van der Waals surface area contributed by atoms with E-state index in [0.717, 1.165) is 37.2 Å². The maximum atomic E-state index is 11.4. The van der Waals surface area contributed by atoms with Crippen molar-refractivity contribution >= 4 is 5.97 Å². The summed E-state index contributed by atoms with van der Waals surface area (Å²) in [4.78, 5) is 11.4. The van der Waals surface area contributed by atoms with Gasteiger partial charge in [-0.25, -0.2) is 4.79 Å². The first kappa shape index (κ1) is 15.7. The quantitative estimate of drug-likeness (QED) is 0.643. The minimum absolute atomic E-state index is 0.184. The molecular formula is C15H24N2O2. The monoisotopic (exact) mass is 264 g/mol. The molecule has 1 aromatic carbocycles. The molecule has 4 nitrogen and oxygen atoms in total. The van der Waals surface area contributed by atoms with Crippen molar-refractivity contribution in [2.45, 2.75) is 33.8 Å². The molecule has 1 aliphatic heterocycles. The number of rotatable bonds is 4. The molecule has 0 fully saturated rings. The molecular weight excluding hydrogens is 240 g/mol. The maximum Gasteiger partial charge on any atom is 0.338 e. The number of ether oxygens (including phenoxy) is 1. The van der Waals surface area contributed by atoms with Crippen molar-refractivity contribution in [3.05, 3.63) is 34.4 Å². The molecule has 0 atom stereocenters. The number of esters is 1. The number of carbonyl (C=O) groups excluding carboxylic acids is 1. The van der Waals surface area contributed by atoms with Gasteiger partial charge in [0.15, 0.2) is 0 Å². The van der Waals surface area contributed by atoms with Crippen LogP contribution >= 0.6 is 0 Å². The maximum absolute atomic E-state index is 11.4. The van der Waals surface area contributed by atoms with E-state index in [4.69, 9.17) is 10.5 Å². The average Bonchev–Trinajstić information content (AvgIpc) is 2.76. The van der Waals surface area contributed by atoms with Gasteiger partial charge in [-0.2, -0.15) is 0 Å². The summed E-state index contributed by atoms with van der Waals surface area (Å²) in [5.74, 6) is -0.184. The Hall–Kier alpha value is -1.39. The van der Waals surface area contributed by atoms with E-state index in [2.05, 4.69) is 19.2 Å². The van der Waals surface area contributed by atoms with E-state index in [-0.39, 0.29) is 5.97 Å². The van der Waals surface area contributed by atoms with Crippen molar-refractivity contribution in [1.82, 2.24) is 5.32 Å². The summed E-state index contributed by atoms with van der Waals surface area (Å²) in [5.41, 5.74) is 9.17. The van der Waals surface area contributed by atoms with Gasteiger partial charge in [-0.3, -0.25) is 0 Å². The van der Waals surface area contributed by atoms with Crippen LogP contribution in [0.1, 0.15) is 40.9 Å². The molecule has 0 aliphatic carbocycles. The third-order valence-electron chi connectivity index (χ3n) is 3.10. The summed E-state index contributed by atoms with van der Waals surface area (Å²) in [6.45, 7) is 9.23. The number of cyclic esters (lactones) is 1. The second-order valence-electron chi connectivity index (χ2n) is 4.46. The molecule has 1 aliphatic rings. The summed E-state index contributed by atoms with van der Waals surface area (Å²) in [6, 6.07) is 3.93. The summed E-state index contributed by atoms with van der Waals surface area (Å²) < 4.78 is 5.03. The highest BCUT2D eigenvalue weighted by Crippen LogP contribution is 2.25. The van der Waals surface area contributed by atoms with Crippen molar-refractivity contribution in [2.24, 2.45) is 5.73 Å². The largest absolute Gasteiger partial charge is 0.457 e. The second-order valence-corrected chi connectivity index (χ2v) is 4.46. The highest BCUT2D eigenvalue weighted by atomic mass is 16.5. The predicted octanol–water partition coefficient (Wildman–Crippen LogP) is 1.78. The van der Waals surface area contributed by atoms with Gasteiger partial charge in [0.25, 0.3) is 0 Å². The number of fused-ring (bicyclic) bond motifs is 1. The van der Waals surface area contributed by atoms with Gasteiger partial charge < -0.3 is 15.8 Å². The highest BCUT2D eigenvalue weighted by Gasteiger charge is 2.23. The molecule has 0 aromatic heterocycles. The Kier molecular flexibility index (Phi) is 6.53. The Labute approximate surface area is 115 Å². The second kappa shape index (κ2) is 7.92. The molecule has 19 heavy (non-hydrogen) atoms. The zero-order chi connectivity index (χ0) is 14.3. The van der Waals surface area contributed by atoms with Gasteiger partial charge in [0.05, 0.1) is 5.56 Å². The Morgan fingerprint density at radius 1 is 1.37 bits per heavy atom. The Morgan fingerprint density at radius 3 is 2.68 bits per heavy atom. The predicted molar refractivity (Wildman–Crippen MR) is 77.3 cm³/mol. The van der Waals surface area contributed by atoms with Crippen LogP contribution in [-0.2, 0) is 17.8 Å². The summed E-state index contributed by atoms with van der Waals surface area (Å²) in [6.07, 6.45) is 1.00. The first-order valence-electron chi connectivity index (χ1n) is 6.84. The van der Waals surface area contributed by atoms with Crippen LogP contribution in [0.2, 0.25) is 0 Å². The van der Waals surface area contributed by atoms with E-state index in [1.54, 1.807) is 0 Å². The fourth-order valence-electron chi connectivity index (χ4n) is 2.07. The van der Waals surface area contributed by atoms with Gasteiger partial charge in [0, 0.05) is 5.56 Å². The Morgan fingerprint density at radius 2 is 2.05 bits per heavy atom. The number of nitrogens with two attached hydrogens (primary N) is 1. The SMILES string of the molecule is CCN.CCNCCc1ccc2c(c1C)COC2=O. The van der Waals surface area contributed by atoms with Crippen molar-refractivity contribution < 1.29 is 9.53 Å². The van der Waals surface area contributed by atoms with Crippen LogP contribution in [0.4, 0.5) is 0 Å². The molecule has 0 bridgehead atoms. The lowest BCUT2D eigenvalue weighted by Crippen LogP contribution is -2.16. The highest BCUT2D eigenvalue weighted by molar-refractivity contribution is 5.93. The lowest BCUT2D eigenvalue weighted by molar-refractivity contribution is 0.0535. The smallest absolute Gasteiger partial charge is 0.338 e. The van der Waals surface area contributed by atoms with Gasteiger partial charge in [-0.05, 0) is 50.2 Å². The summed E-state index contributed by atoms with van der Waals surface area (Å²) in [7, 11) is 0. The van der Waals surface area contributed by atoms with E-state index >= 15 is 0 Å². The molecule has 0 saturated heterocycles. The first-order valence-corrected chi connectivity index (χ1v) is 6.84. The van der Waals surface area contributed by atoms with Crippen LogP contribution in [0.5, 0.6) is 0 Å². The number of nitrogens with one attached hydrogen (secondary N) is 1. The van der Waals surface area contributed by atoms with Crippen LogP contribution in [0, 0.1) is 6.92 Å². The lowest BCUT2D eigenvalue weighted by Gasteiger charge is -2.09. The van der Waals surface area contributed by atoms with Crippen molar-refractivity contribution in [3.63, 3.8) is 0 Å². The third kappa shape index (κ3) is 4.04. The van der Waals surface area contributed by atoms with E-state index in [1.165, 1.54) is 11.1 Å². The minimum atomic E-state index is -0.184. The van der Waals surface area contributed by atoms with Crippen LogP contribution in [-0.4, -0.2) is 25.6 Å². The molecule has 0 radical (unpaired) electrons. The molecule has 106 valence electrons. The van der Waals surface area contributed by atoms with Crippen molar-refractivity contribution in [3.8, 4) is 0 Å². The standard InChI is InChI=1S/C13H17NO2.C2H7N/c1-3-14-7-6-10-4-5-11-12(9(10)2)8-16-13(11)15;1-2-3/h4-5,14H,3,6-8H2,1-2H3;2-3H2,1H3. The molecule has 0 amide bonds. The molecule has 1 aromatic rings. The van der Waals surface area contributed by atoms with Gasteiger partial charge in [-0.1, -0.05) is 19.9 Å². The molecule has 0 spiro atoms. The number of hydrogen-bond acceptors (Lipinski definition) is 4. The number of benzene rings is 1. The van der Waals surface area contributed by atoms with E-state index < -0.39 is 0 Å². The van der Waals surface area contributed by atoms with Crippen LogP contribution in [0.15, 0.2) is 12.1 Å². The average molecular weight is 264 g/mol. The molecule has 4 heteroatoms. The Balaban J connectivity index is 0.000000550. The van der Waals surface area contributed by atoms with E-state index in [1.807, 2.05) is 19.1 Å². The summed E-state index contributed by atoms with van der Waals surface area (Å²) >= 11 is 0. The van der Waals surface area contributed by atoms with Crippen LogP contribution < -0.4 is 11.1 Å². The molecule has 3 N–H and O–H groups in total. The Bertz CT molecular complexity index is 430. The summed E-state index contributed by atoms with van der Waals surface area (Å²) in [5, 5.41) is 3.30. The number of likely N-dealkylation sites (N-methyl/N-ethyl adjacent to an activating group) is 1. The zero-order valence-electron chi connectivity index (χ0n) is 12.1. The minimum Gasteiger partial charge on any atom is -0.457 e. The lowest BCUT2D eigenvalue weighted by atomic mass is 9.97. The van der Waals surface area contributed by atoms with Gasteiger partial charge in [0.2, 0.25) is 0 Å². The number of hydrogen-bond donors (Lipinski definition) is 2. The van der Waals surface area contributed by atoms with Crippen LogP contribution in [0.25, 0.3) is 0 Å². The zero-order valence-corrected chi connectivity index (χ0v) is 12.1. The molecule has 0 saturated carbocycles. The van der Waals surface area contributed by atoms with E-state index in [9.17, 15) is 4.79 Å². The molecule has 0 unspecified atom stereocenters. The number of carbonyl (C=O) groups is 1. The molecule has 1 heterocycles. The van der Waals surface area contributed by atoms with Gasteiger partial charge >= 0.3 is 5.97 Å². The van der Waals surface area contributed by atoms with Gasteiger partial charge in [0.1, 0.15) is 6.61 Å². The topological polar surface area (TPSA) is 64.3 Å². The third-order valence-corrected chi connectivity index (χ3v) is 3.10.